The molecule has 2 aromatic heterocycles. The van der Waals surface area contributed by atoms with Gasteiger partial charge < -0.3 is 10.6 Å². The summed E-state index contributed by atoms with van der Waals surface area (Å²) in [6.07, 6.45) is -1.24. The summed E-state index contributed by atoms with van der Waals surface area (Å²) in [5.41, 5.74) is 0.562. The molecule has 3 aromatic rings. The maximum absolute atomic E-state index is 14.0. The molecule has 1 saturated carbocycles. The predicted molar refractivity (Wildman–Crippen MR) is 90.6 cm³/mol. The number of anilines is 4. The highest BCUT2D eigenvalue weighted by Crippen LogP contribution is 2.39. The van der Waals surface area contributed by atoms with E-state index in [0.717, 1.165) is 36.9 Å². The van der Waals surface area contributed by atoms with Gasteiger partial charge in [-0.15, -0.1) is 0 Å². The fraction of sp³-hybridized carbons (Fsp3) is 0.235. The van der Waals surface area contributed by atoms with E-state index in [9.17, 15) is 17.6 Å². The Labute approximate surface area is 151 Å². The minimum absolute atomic E-state index is 0.0385. The third-order valence-electron chi connectivity index (χ3n) is 4.07. The molecule has 1 aliphatic carbocycles. The normalized spacial score (nSPS) is 14.2. The van der Waals surface area contributed by atoms with Crippen molar-refractivity contribution in [1.82, 2.24) is 20.2 Å². The van der Waals surface area contributed by atoms with Crippen molar-refractivity contribution in [3.63, 3.8) is 0 Å². The minimum atomic E-state index is -4.41. The largest absolute Gasteiger partial charge is 0.416 e. The van der Waals surface area contributed by atoms with E-state index in [2.05, 4.69) is 30.8 Å². The van der Waals surface area contributed by atoms with Crippen LogP contribution in [0.1, 0.15) is 30.0 Å². The number of aromatic amines is 1. The van der Waals surface area contributed by atoms with Crippen LogP contribution >= 0.6 is 0 Å². The van der Waals surface area contributed by atoms with E-state index in [1.165, 1.54) is 12.1 Å². The molecule has 0 bridgehead atoms. The smallest absolute Gasteiger partial charge is 0.324 e. The third kappa shape index (κ3) is 3.99. The van der Waals surface area contributed by atoms with E-state index in [-0.39, 0.29) is 11.8 Å². The van der Waals surface area contributed by atoms with Crippen molar-refractivity contribution in [1.29, 1.82) is 0 Å². The van der Waals surface area contributed by atoms with Crippen molar-refractivity contribution < 1.29 is 17.6 Å². The lowest BCUT2D eigenvalue weighted by atomic mass is 10.2. The molecule has 0 radical (unpaired) electrons. The zero-order valence-corrected chi connectivity index (χ0v) is 13.8. The Kier molecular flexibility index (Phi) is 4.17. The summed E-state index contributed by atoms with van der Waals surface area (Å²) in [5, 5.41) is 12.5. The van der Waals surface area contributed by atoms with E-state index >= 15 is 0 Å². The number of hydrogen-bond donors (Lipinski definition) is 3. The topological polar surface area (TPSA) is 78.5 Å². The summed E-state index contributed by atoms with van der Waals surface area (Å²) in [6.45, 7) is 0. The van der Waals surface area contributed by atoms with Crippen molar-refractivity contribution in [3.8, 4) is 0 Å². The van der Waals surface area contributed by atoms with Gasteiger partial charge in [0, 0.05) is 23.4 Å². The van der Waals surface area contributed by atoms with Gasteiger partial charge in [-0.2, -0.15) is 23.3 Å². The first-order valence-corrected chi connectivity index (χ1v) is 8.17. The second kappa shape index (κ2) is 6.53. The van der Waals surface area contributed by atoms with Crippen molar-refractivity contribution in [2.45, 2.75) is 24.9 Å². The van der Waals surface area contributed by atoms with Gasteiger partial charge in [0.05, 0.1) is 11.8 Å². The molecule has 0 atom stereocenters. The maximum Gasteiger partial charge on any atom is 0.416 e. The number of aromatic nitrogens is 4. The first kappa shape index (κ1) is 17.3. The molecule has 0 amide bonds. The molecule has 0 spiro atoms. The molecule has 27 heavy (non-hydrogen) atoms. The van der Waals surface area contributed by atoms with Crippen LogP contribution in [0.2, 0.25) is 0 Å². The van der Waals surface area contributed by atoms with Crippen LogP contribution in [0.25, 0.3) is 0 Å². The highest BCUT2D eigenvalue weighted by atomic mass is 19.4. The van der Waals surface area contributed by atoms with E-state index in [1.54, 1.807) is 6.07 Å². The van der Waals surface area contributed by atoms with Crippen molar-refractivity contribution in [2.24, 2.45) is 0 Å². The molecule has 10 heteroatoms. The van der Waals surface area contributed by atoms with Gasteiger partial charge in [-0.25, -0.2) is 9.37 Å². The number of nitrogens with one attached hydrogen (secondary N) is 3. The summed E-state index contributed by atoms with van der Waals surface area (Å²) >= 11 is 0. The first-order valence-electron chi connectivity index (χ1n) is 8.17. The lowest BCUT2D eigenvalue weighted by molar-refractivity contribution is -0.137. The summed E-state index contributed by atoms with van der Waals surface area (Å²) in [7, 11) is 0. The lowest BCUT2D eigenvalue weighted by Crippen LogP contribution is -2.05. The molecule has 3 N–H and O–H groups in total. The number of H-pyrrole nitrogens is 1. The van der Waals surface area contributed by atoms with Crippen LogP contribution in [-0.2, 0) is 6.18 Å². The molecule has 140 valence electrons. The summed E-state index contributed by atoms with van der Waals surface area (Å²) in [6, 6.07) is 6.17. The Hall–Kier alpha value is -3.17. The van der Waals surface area contributed by atoms with E-state index < -0.39 is 17.6 Å². The number of rotatable bonds is 5. The average Bonchev–Trinajstić information content (AvgIpc) is 3.37. The van der Waals surface area contributed by atoms with Crippen LogP contribution in [-0.4, -0.2) is 20.2 Å². The predicted octanol–water partition coefficient (Wildman–Crippen LogP) is 4.72. The van der Waals surface area contributed by atoms with Gasteiger partial charge in [0.1, 0.15) is 0 Å². The Morgan fingerprint density at radius 2 is 1.81 bits per heavy atom. The standard InChI is InChI=1S/C17H14F4N6/c18-12-8-22-16(23-11-5-3-10(4-6-11)17(19,20)21)25-15(12)24-14-7-13(26-27-14)9-1-2-9/h3-9H,1-2H2,(H3,22,23,24,25,26,27). The number of hydrogen-bond acceptors (Lipinski definition) is 5. The molecule has 4 rings (SSSR count). The highest BCUT2D eigenvalue weighted by molar-refractivity contribution is 5.58. The average molecular weight is 378 g/mol. The number of alkyl halides is 3. The number of nitrogens with zero attached hydrogens (tertiary/aromatic N) is 3. The minimum Gasteiger partial charge on any atom is -0.324 e. The summed E-state index contributed by atoms with van der Waals surface area (Å²) in [4.78, 5) is 7.82. The van der Waals surface area contributed by atoms with Gasteiger partial charge in [0.25, 0.3) is 0 Å². The Morgan fingerprint density at radius 3 is 2.48 bits per heavy atom. The number of benzene rings is 1. The maximum atomic E-state index is 14.0. The van der Waals surface area contributed by atoms with E-state index in [4.69, 9.17) is 0 Å². The zero-order chi connectivity index (χ0) is 19.0. The molecule has 1 fully saturated rings. The second-order valence-corrected chi connectivity index (χ2v) is 6.20. The molecule has 1 aromatic carbocycles. The lowest BCUT2D eigenvalue weighted by Gasteiger charge is -2.10. The van der Waals surface area contributed by atoms with Gasteiger partial charge in [-0.05, 0) is 37.1 Å². The molecule has 0 unspecified atom stereocenters. The van der Waals surface area contributed by atoms with Crippen LogP contribution in [0.5, 0.6) is 0 Å². The molecule has 0 aliphatic heterocycles. The fourth-order valence-corrected chi connectivity index (χ4v) is 2.51. The Bertz CT molecular complexity index is 947. The van der Waals surface area contributed by atoms with Crippen LogP contribution in [0.15, 0.2) is 36.5 Å². The van der Waals surface area contributed by atoms with Crippen molar-refractivity contribution in [3.05, 3.63) is 53.6 Å². The zero-order valence-electron chi connectivity index (χ0n) is 13.8. The van der Waals surface area contributed by atoms with Gasteiger partial charge in [-0.1, -0.05) is 0 Å². The van der Waals surface area contributed by atoms with Crippen molar-refractivity contribution in [2.75, 3.05) is 10.6 Å². The molecule has 1 aliphatic rings. The Morgan fingerprint density at radius 1 is 1.07 bits per heavy atom. The van der Waals surface area contributed by atoms with Gasteiger partial charge in [0.15, 0.2) is 17.5 Å². The summed E-state index contributed by atoms with van der Waals surface area (Å²) in [5.74, 6) is 0.170. The first-order chi connectivity index (χ1) is 12.9. The molecule has 2 heterocycles. The van der Waals surface area contributed by atoms with E-state index in [0.29, 0.717) is 17.4 Å². The Balaban J connectivity index is 1.49. The number of halogens is 4. The quantitative estimate of drug-likeness (QED) is 0.560. The van der Waals surface area contributed by atoms with Gasteiger partial charge in [-0.3, -0.25) is 5.10 Å². The van der Waals surface area contributed by atoms with Gasteiger partial charge >= 0.3 is 6.18 Å². The monoisotopic (exact) mass is 378 g/mol. The van der Waals surface area contributed by atoms with Crippen LogP contribution < -0.4 is 10.6 Å². The van der Waals surface area contributed by atoms with Gasteiger partial charge in [0.2, 0.25) is 5.95 Å². The van der Waals surface area contributed by atoms with Crippen LogP contribution in [0, 0.1) is 5.82 Å². The van der Waals surface area contributed by atoms with Crippen molar-refractivity contribution >= 4 is 23.3 Å². The van der Waals surface area contributed by atoms with Crippen LogP contribution in [0.4, 0.5) is 40.8 Å². The molecular formula is C17H14F4N6. The second-order valence-electron chi connectivity index (χ2n) is 6.20. The van der Waals surface area contributed by atoms with E-state index in [1.807, 2.05) is 0 Å². The van der Waals surface area contributed by atoms with Crippen LogP contribution in [0.3, 0.4) is 0 Å². The molecule has 0 saturated heterocycles. The SMILES string of the molecule is Fc1cnc(Nc2ccc(C(F)(F)F)cc2)nc1Nc1cc(C2CC2)[nH]n1. The highest BCUT2D eigenvalue weighted by Gasteiger charge is 2.30. The summed E-state index contributed by atoms with van der Waals surface area (Å²) < 4.78 is 51.8. The molecule has 6 nitrogen and oxygen atoms in total. The third-order valence-corrected chi connectivity index (χ3v) is 4.07. The molecular weight excluding hydrogens is 364 g/mol. The fourth-order valence-electron chi connectivity index (χ4n) is 2.51.